The number of hydrazine groups is 1. The fourth-order valence-corrected chi connectivity index (χ4v) is 1.90. The first-order valence-corrected chi connectivity index (χ1v) is 7.30. The molecule has 1 fully saturated rings. The Morgan fingerprint density at radius 3 is 2.42 bits per heavy atom. The van der Waals surface area contributed by atoms with E-state index in [1.165, 1.54) is 0 Å². The van der Waals surface area contributed by atoms with Crippen LogP contribution in [0.2, 0.25) is 0 Å². The summed E-state index contributed by atoms with van der Waals surface area (Å²) in [6, 6.07) is 0.913. The van der Waals surface area contributed by atoms with E-state index >= 15 is 0 Å². The smallest absolute Gasteiger partial charge is 0.410 e. The molecule has 0 saturated carbocycles. The van der Waals surface area contributed by atoms with E-state index in [4.69, 9.17) is 4.74 Å². The van der Waals surface area contributed by atoms with Gasteiger partial charge in [0.1, 0.15) is 5.60 Å². The van der Waals surface area contributed by atoms with E-state index in [9.17, 15) is 4.79 Å². The Kier molecular flexibility index (Phi) is 6.07. The summed E-state index contributed by atoms with van der Waals surface area (Å²) in [5.41, 5.74) is 6.24. The van der Waals surface area contributed by atoms with Crippen LogP contribution < -0.4 is 10.9 Å². The molecule has 5 heteroatoms. The summed E-state index contributed by atoms with van der Waals surface area (Å²) in [6.07, 6.45) is 2.83. The second-order valence-electron chi connectivity index (χ2n) is 6.34. The van der Waals surface area contributed by atoms with Gasteiger partial charge in [0, 0.05) is 25.2 Å². The van der Waals surface area contributed by atoms with Crippen molar-refractivity contribution in [3.63, 3.8) is 0 Å². The number of likely N-dealkylation sites (tertiary alicyclic amines) is 1. The van der Waals surface area contributed by atoms with E-state index in [1.54, 1.807) is 4.90 Å². The lowest BCUT2D eigenvalue weighted by Gasteiger charge is -2.34. The van der Waals surface area contributed by atoms with Crippen molar-refractivity contribution in [3.05, 3.63) is 0 Å². The largest absolute Gasteiger partial charge is 0.444 e. The van der Waals surface area contributed by atoms with Crippen molar-refractivity contribution < 1.29 is 9.53 Å². The number of rotatable bonds is 4. The second kappa shape index (κ2) is 7.10. The maximum Gasteiger partial charge on any atom is 0.410 e. The van der Waals surface area contributed by atoms with E-state index in [-0.39, 0.29) is 6.09 Å². The summed E-state index contributed by atoms with van der Waals surface area (Å²) in [6.45, 7) is 11.5. The number of nitrogens with one attached hydrogen (secondary N) is 2. The van der Waals surface area contributed by atoms with Crippen molar-refractivity contribution in [2.24, 2.45) is 0 Å². The Morgan fingerprint density at radius 1 is 1.37 bits per heavy atom. The van der Waals surface area contributed by atoms with Crippen LogP contribution in [0.5, 0.6) is 0 Å². The normalized spacial score (nSPS) is 19.3. The molecule has 112 valence electrons. The molecule has 1 amide bonds. The van der Waals surface area contributed by atoms with Crippen LogP contribution in [0.1, 0.15) is 53.9 Å². The third-order valence-corrected chi connectivity index (χ3v) is 3.29. The molecule has 0 aliphatic carbocycles. The first kappa shape index (κ1) is 16.2. The highest BCUT2D eigenvalue weighted by atomic mass is 16.6. The lowest BCUT2D eigenvalue weighted by atomic mass is 10.1. The molecule has 1 aliphatic rings. The summed E-state index contributed by atoms with van der Waals surface area (Å²) < 4.78 is 5.38. The van der Waals surface area contributed by atoms with Crippen LogP contribution in [0.15, 0.2) is 0 Å². The average molecular weight is 271 g/mol. The number of amides is 1. The molecule has 1 rings (SSSR count). The van der Waals surface area contributed by atoms with Crippen molar-refractivity contribution in [2.75, 3.05) is 13.1 Å². The first-order chi connectivity index (χ1) is 8.81. The Labute approximate surface area is 117 Å². The molecule has 0 aromatic carbocycles. The fraction of sp³-hybridized carbons (Fsp3) is 0.929. The molecule has 1 saturated heterocycles. The molecule has 0 spiro atoms. The van der Waals surface area contributed by atoms with Gasteiger partial charge in [-0.1, -0.05) is 6.92 Å². The zero-order chi connectivity index (χ0) is 14.5. The van der Waals surface area contributed by atoms with Crippen LogP contribution in [0.25, 0.3) is 0 Å². The van der Waals surface area contributed by atoms with E-state index < -0.39 is 5.60 Å². The summed E-state index contributed by atoms with van der Waals surface area (Å²) in [7, 11) is 0. The van der Waals surface area contributed by atoms with Crippen LogP contribution in [-0.2, 0) is 4.74 Å². The van der Waals surface area contributed by atoms with Crippen molar-refractivity contribution in [3.8, 4) is 0 Å². The van der Waals surface area contributed by atoms with Crippen molar-refractivity contribution in [1.29, 1.82) is 0 Å². The maximum atomic E-state index is 11.9. The first-order valence-electron chi connectivity index (χ1n) is 7.30. The SMILES string of the molecule is CCC(C)NNC1CCN(C(=O)OC(C)(C)C)CC1. The highest BCUT2D eigenvalue weighted by Gasteiger charge is 2.26. The third-order valence-electron chi connectivity index (χ3n) is 3.29. The number of hydrogen-bond donors (Lipinski definition) is 2. The van der Waals surface area contributed by atoms with Crippen LogP contribution >= 0.6 is 0 Å². The molecule has 1 atom stereocenters. The van der Waals surface area contributed by atoms with Crippen LogP contribution in [0.3, 0.4) is 0 Å². The number of carbonyl (C=O) groups excluding carboxylic acids is 1. The predicted molar refractivity (Wildman–Crippen MR) is 76.9 cm³/mol. The number of carbonyl (C=O) groups is 1. The molecular weight excluding hydrogens is 242 g/mol. The van der Waals surface area contributed by atoms with Gasteiger partial charge in [0.25, 0.3) is 0 Å². The van der Waals surface area contributed by atoms with E-state index in [2.05, 4.69) is 24.7 Å². The number of hydrogen-bond acceptors (Lipinski definition) is 4. The van der Waals surface area contributed by atoms with Crippen molar-refractivity contribution >= 4 is 6.09 Å². The Morgan fingerprint density at radius 2 is 1.95 bits per heavy atom. The van der Waals surface area contributed by atoms with Gasteiger partial charge in [-0.25, -0.2) is 4.79 Å². The van der Waals surface area contributed by atoms with Crippen LogP contribution in [0, 0.1) is 0 Å². The second-order valence-corrected chi connectivity index (χ2v) is 6.34. The van der Waals surface area contributed by atoms with Gasteiger partial charge in [-0.3, -0.25) is 10.9 Å². The molecule has 0 radical (unpaired) electrons. The van der Waals surface area contributed by atoms with Crippen LogP contribution in [-0.4, -0.2) is 41.8 Å². The van der Waals surface area contributed by atoms with Gasteiger partial charge in [0.2, 0.25) is 0 Å². The molecule has 19 heavy (non-hydrogen) atoms. The lowest BCUT2D eigenvalue weighted by molar-refractivity contribution is 0.0193. The van der Waals surface area contributed by atoms with Crippen molar-refractivity contribution in [2.45, 2.75) is 71.6 Å². The quantitative estimate of drug-likeness (QED) is 0.770. The van der Waals surface area contributed by atoms with Gasteiger partial charge in [0.05, 0.1) is 0 Å². The third kappa shape index (κ3) is 6.25. The molecule has 0 aromatic rings. The molecule has 1 unspecified atom stereocenters. The van der Waals surface area contributed by atoms with E-state index in [1.807, 2.05) is 20.8 Å². The lowest BCUT2D eigenvalue weighted by Crippen LogP contribution is -2.51. The summed E-state index contributed by atoms with van der Waals surface area (Å²) in [5, 5.41) is 0. The Bertz CT molecular complexity index is 281. The number of nitrogens with zero attached hydrogens (tertiary/aromatic N) is 1. The van der Waals surface area contributed by atoms with Crippen LogP contribution in [0.4, 0.5) is 4.79 Å². The topological polar surface area (TPSA) is 53.6 Å². The minimum absolute atomic E-state index is 0.194. The number of piperidine rings is 1. The molecule has 2 N–H and O–H groups in total. The van der Waals surface area contributed by atoms with Gasteiger partial charge < -0.3 is 9.64 Å². The molecular formula is C14H29N3O2. The highest BCUT2D eigenvalue weighted by Crippen LogP contribution is 2.15. The van der Waals surface area contributed by atoms with Gasteiger partial charge in [0.15, 0.2) is 0 Å². The zero-order valence-corrected chi connectivity index (χ0v) is 13.0. The van der Waals surface area contributed by atoms with Gasteiger partial charge in [-0.2, -0.15) is 0 Å². The maximum absolute atomic E-state index is 11.9. The van der Waals surface area contributed by atoms with E-state index in [0.29, 0.717) is 12.1 Å². The fourth-order valence-electron chi connectivity index (χ4n) is 1.90. The van der Waals surface area contributed by atoms with E-state index in [0.717, 1.165) is 32.4 Å². The van der Waals surface area contributed by atoms with Gasteiger partial charge in [-0.15, -0.1) is 0 Å². The monoisotopic (exact) mass is 271 g/mol. The minimum Gasteiger partial charge on any atom is -0.444 e. The molecule has 1 aliphatic heterocycles. The number of ether oxygens (including phenoxy) is 1. The predicted octanol–water partition coefficient (Wildman–Crippen LogP) is 2.28. The standard InChI is InChI=1S/C14H29N3O2/c1-6-11(2)15-16-12-7-9-17(10-8-12)13(18)19-14(3,4)5/h11-12,15-16H,6-10H2,1-5H3. The minimum atomic E-state index is -0.412. The van der Waals surface area contributed by atoms with Crippen molar-refractivity contribution in [1.82, 2.24) is 15.8 Å². The zero-order valence-electron chi connectivity index (χ0n) is 13.0. The molecule has 5 nitrogen and oxygen atoms in total. The molecule has 0 bridgehead atoms. The Balaban J connectivity index is 2.27. The molecule has 0 aromatic heterocycles. The summed E-state index contributed by atoms with van der Waals surface area (Å²) in [5.74, 6) is 0. The average Bonchev–Trinajstić information content (AvgIpc) is 2.34. The summed E-state index contributed by atoms with van der Waals surface area (Å²) in [4.78, 5) is 13.7. The highest BCUT2D eigenvalue weighted by molar-refractivity contribution is 5.68. The van der Waals surface area contributed by atoms with Gasteiger partial charge >= 0.3 is 6.09 Å². The molecule has 1 heterocycles. The van der Waals surface area contributed by atoms with Gasteiger partial charge in [-0.05, 0) is 47.0 Å². The summed E-state index contributed by atoms with van der Waals surface area (Å²) >= 11 is 0. The Hall–Kier alpha value is -0.810.